The van der Waals surface area contributed by atoms with Gasteiger partial charge in [-0.1, -0.05) is 6.92 Å². The Morgan fingerprint density at radius 1 is 1.32 bits per heavy atom. The van der Waals surface area contributed by atoms with Gasteiger partial charge in [-0.25, -0.2) is 8.42 Å². The largest absolute Gasteiger partial charge is 0.491 e. The second kappa shape index (κ2) is 9.02. The summed E-state index contributed by atoms with van der Waals surface area (Å²) in [6.07, 6.45) is -3.47. The van der Waals surface area contributed by atoms with Crippen LogP contribution in [0.15, 0.2) is 18.2 Å². The standard InChI is InChI=1S/C18H25F3N2O4S/c1-3-8-27-16-6-5-13(18(19,20)21)10-15(16)22-11-17(24)23(4-2)14-7-9-28(25,26)12-14/h5-6,10,14,22H,3-4,7-9,11-12H2,1-2H3. The van der Waals surface area contributed by atoms with Gasteiger partial charge in [0, 0.05) is 12.6 Å². The number of hydrogen-bond donors (Lipinski definition) is 1. The summed E-state index contributed by atoms with van der Waals surface area (Å²) in [7, 11) is -3.15. The zero-order chi connectivity index (χ0) is 20.9. The first-order valence-corrected chi connectivity index (χ1v) is 11.0. The molecule has 10 heteroatoms. The minimum atomic E-state index is -4.52. The normalized spacial score (nSPS) is 18.7. The van der Waals surface area contributed by atoms with Crippen LogP contribution in [0.5, 0.6) is 5.75 Å². The summed E-state index contributed by atoms with van der Waals surface area (Å²) in [6.45, 7) is 4.00. The van der Waals surface area contributed by atoms with Crippen LogP contribution < -0.4 is 10.1 Å². The number of hydrogen-bond acceptors (Lipinski definition) is 5. The van der Waals surface area contributed by atoms with E-state index >= 15 is 0 Å². The van der Waals surface area contributed by atoms with E-state index in [4.69, 9.17) is 4.74 Å². The van der Waals surface area contributed by atoms with E-state index in [1.807, 2.05) is 6.92 Å². The molecule has 6 nitrogen and oxygen atoms in total. The summed E-state index contributed by atoms with van der Waals surface area (Å²) >= 11 is 0. The number of halogens is 3. The third kappa shape index (κ3) is 5.76. The summed E-state index contributed by atoms with van der Waals surface area (Å²) < 4.78 is 67.8. The number of amides is 1. The molecule has 0 radical (unpaired) electrons. The van der Waals surface area contributed by atoms with E-state index in [0.29, 0.717) is 26.0 Å². The number of anilines is 1. The Balaban J connectivity index is 2.13. The van der Waals surface area contributed by atoms with Crippen LogP contribution in [0.1, 0.15) is 32.3 Å². The topological polar surface area (TPSA) is 75.7 Å². The van der Waals surface area contributed by atoms with Crippen molar-refractivity contribution in [3.05, 3.63) is 23.8 Å². The molecule has 1 N–H and O–H groups in total. The average molecular weight is 422 g/mol. The highest BCUT2D eigenvalue weighted by Gasteiger charge is 2.34. The Morgan fingerprint density at radius 3 is 2.57 bits per heavy atom. The van der Waals surface area contributed by atoms with Gasteiger partial charge in [-0.3, -0.25) is 4.79 Å². The lowest BCUT2D eigenvalue weighted by molar-refractivity contribution is -0.137. The van der Waals surface area contributed by atoms with E-state index in [1.54, 1.807) is 6.92 Å². The van der Waals surface area contributed by atoms with E-state index in [2.05, 4.69) is 5.32 Å². The predicted molar refractivity (Wildman–Crippen MR) is 100 cm³/mol. The van der Waals surface area contributed by atoms with Gasteiger partial charge < -0.3 is 15.0 Å². The van der Waals surface area contributed by atoms with Crippen molar-refractivity contribution in [3.63, 3.8) is 0 Å². The molecule has 1 saturated heterocycles. The molecular weight excluding hydrogens is 397 g/mol. The fourth-order valence-electron chi connectivity index (χ4n) is 3.11. The van der Waals surface area contributed by atoms with Crippen LogP contribution in [-0.4, -0.2) is 56.5 Å². The Hall–Kier alpha value is -1.97. The molecule has 1 aromatic rings. The van der Waals surface area contributed by atoms with Gasteiger partial charge in [0.15, 0.2) is 9.84 Å². The van der Waals surface area contributed by atoms with Crippen molar-refractivity contribution in [1.82, 2.24) is 4.90 Å². The molecule has 0 aliphatic carbocycles. The molecule has 1 unspecified atom stereocenters. The van der Waals surface area contributed by atoms with Crippen LogP contribution in [0.25, 0.3) is 0 Å². The molecule has 1 atom stereocenters. The van der Waals surface area contributed by atoms with E-state index in [-0.39, 0.29) is 35.4 Å². The molecule has 0 spiro atoms. The van der Waals surface area contributed by atoms with Crippen LogP contribution in [0, 0.1) is 0 Å². The van der Waals surface area contributed by atoms with E-state index in [0.717, 1.165) is 12.1 Å². The molecule has 1 aliphatic heterocycles. The average Bonchev–Trinajstić information content (AvgIpc) is 2.97. The van der Waals surface area contributed by atoms with Gasteiger partial charge in [-0.2, -0.15) is 13.2 Å². The Bertz CT molecular complexity index is 797. The van der Waals surface area contributed by atoms with Gasteiger partial charge in [0.05, 0.1) is 35.9 Å². The molecule has 2 rings (SSSR count). The maximum Gasteiger partial charge on any atom is 0.416 e. The number of nitrogens with zero attached hydrogens (tertiary/aromatic N) is 1. The van der Waals surface area contributed by atoms with Gasteiger partial charge in [0.25, 0.3) is 0 Å². The van der Waals surface area contributed by atoms with Crippen molar-refractivity contribution in [2.75, 3.05) is 36.5 Å². The second-order valence-electron chi connectivity index (χ2n) is 6.65. The van der Waals surface area contributed by atoms with Gasteiger partial charge in [0.1, 0.15) is 5.75 Å². The van der Waals surface area contributed by atoms with Gasteiger partial charge in [0.2, 0.25) is 5.91 Å². The van der Waals surface area contributed by atoms with Gasteiger partial charge >= 0.3 is 6.18 Å². The van der Waals surface area contributed by atoms with Crippen molar-refractivity contribution in [2.45, 2.75) is 38.9 Å². The van der Waals surface area contributed by atoms with Crippen LogP contribution in [0.3, 0.4) is 0 Å². The lowest BCUT2D eigenvalue weighted by atomic mass is 10.1. The zero-order valence-corrected chi connectivity index (χ0v) is 16.7. The molecule has 28 heavy (non-hydrogen) atoms. The van der Waals surface area contributed by atoms with Gasteiger partial charge in [-0.15, -0.1) is 0 Å². The zero-order valence-electron chi connectivity index (χ0n) is 15.9. The number of alkyl halides is 3. The molecule has 1 amide bonds. The summed E-state index contributed by atoms with van der Waals surface area (Å²) in [5.41, 5.74) is -0.771. The monoisotopic (exact) mass is 422 g/mol. The third-order valence-electron chi connectivity index (χ3n) is 4.51. The highest BCUT2D eigenvalue weighted by atomic mass is 32.2. The maximum atomic E-state index is 13.0. The molecule has 158 valence electrons. The second-order valence-corrected chi connectivity index (χ2v) is 8.88. The van der Waals surface area contributed by atoms with Crippen molar-refractivity contribution in [3.8, 4) is 5.75 Å². The van der Waals surface area contributed by atoms with Crippen LogP contribution >= 0.6 is 0 Å². The summed E-state index contributed by atoms with van der Waals surface area (Å²) in [5.74, 6) is -0.184. The number of rotatable bonds is 8. The third-order valence-corrected chi connectivity index (χ3v) is 6.26. The number of likely N-dealkylation sites (N-methyl/N-ethyl adjacent to an activating group) is 1. The predicted octanol–water partition coefficient (Wildman–Crippen LogP) is 2.94. The van der Waals surface area contributed by atoms with Gasteiger partial charge in [-0.05, 0) is 38.0 Å². The van der Waals surface area contributed by atoms with Crippen molar-refractivity contribution in [2.24, 2.45) is 0 Å². The minimum Gasteiger partial charge on any atom is -0.491 e. The first kappa shape index (κ1) is 22.3. The fourth-order valence-corrected chi connectivity index (χ4v) is 4.84. The lowest BCUT2D eigenvalue weighted by Crippen LogP contribution is -2.43. The molecule has 1 heterocycles. The first-order chi connectivity index (χ1) is 13.1. The quantitative estimate of drug-likeness (QED) is 0.697. The number of carbonyl (C=O) groups is 1. The highest BCUT2D eigenvalue weighted by Crippen LogP contribution is 2.35. The summed E-state index contributed by atoms with van der Waals surface area (Å²) in [4.78, 5) is 14.0. The molecule has 0 bridgehead atoms. The molecule has 1 fully saturated rings. The van der Waals surface area contributed by atoms with Crippen molar-refractivity contribution >= 4 is 21.4 Å². The molecule has 0 saturated carbocycles. The van der Waals surface area contributed by atoms with Crippen LogP contribution in [0.2, 0.25) is 0 Å². The fraction of sp³-hybridized carbons (Fsp3) is 0.611. The Kier molecular flexibility index (Phi) is 7.19. The van der Waals surface area contributed by atoms with Crippen LogP contribution in [-0.2, 0) is 20.8 Å². The smallest absolute Gasteiger partial charge is 0.416 e. The van der Waals surface area contributed by atoms with E-state index in [1.165, 1.54) is 11.0 Å². The van der Waals surface area contributed by atoms with E-state index < -0.39 is 27.6 Å². The molecule has 1 aliphatic rings. The summed E-state index contributed by atoms with van der Waals surface area (Å²) in [5, 5.41) is 2.73. The first-order valence-electron chi connectivity index (χ1n) is 9.15. The molecular formula is C18H25F3N2O4S. The minimum absolute atomic E-state index is 0.0392. The Morgan fingerprint density at radius 2 is 2.04 bits per heavy atom. The molecule has 0 aromatic heterocycles. The number of sulfone groups is 1. The van der Waals surface area contributed by atoms with Crippen LogP contribution in [0.4, 0.5) is 18.9 Å². The van der Waals surface area contributed by atoms with E-state index in [9.17, 15) is 26.4 Å². The number of benzene rings is 1. The number of carbonyl (C=O) groups excluding carboxylic acids is 1. The van der Waals surface area contributed by atoms with Crippen molar-refractivity contribution < 1.29 is 31.1 Å². The highest BCUT2D eigenvalue weighted by molar-refractivity contribution is 7.91. The van der Waals surface area contributed by atoms with Crippen molar-refractivity contribution in [1.29, 1.82) is 0 Å². The molecule has 1 aromatic carbocycles. The maximum absolute atomic E-state index is 13.0. The number of ether oxygens (including phenoxy) is 1. The SMILES string of the molecule is CCCOc1ccc(C(F)(F)F)cc1NCC(=O)N(CC)C1CCS(=O)(=O)C1. The Labute approximate surface area is 163 Å². The summed E-state index contributed by atoms with van der Waals surface area (Å²) in [6, 6.07) is 2.67. The number of nitrogens with one attached hydrogen (secondary N) is 1. The lowest BCUT2D eigenvalue weighted by Gasteiger charge is -2.27.